The van der Waals surface area contributed by atoms with Crippen LogP contribution in [0.4, 0.5) is 10.3 Å². The summed E-state index contributed by atoms with van der Waals surface area (Å²) in [5.41, 5.74) is 3.54. The topological polar surface area (TPSA) is 92.2 Å². The Hall–Kier alpha value is -2.39. The van der Waals surface area contributed by atoms with Gasteiger partial charge in [-0.15, -0.1) is 0 Å². The molecular weight excluding hydrogens is 409 g/mol. The first-order chi connectivity index (χ1) is 14.6. The van der Waals surface area contributed by atoms with Crippen LogP contribution in [0.5, 0.6) is 0 Å². The first-order valence-electron chi connectivity index (χ1n) is 9.96. The van der Waals surface area contributed by atoms with Gasteiger partial charge in [0.15, 0.2) is 0 Å². The van der Waals surface area contributed by atoms with Gasteiger partial charge in [0.2, 0.25) is 5.95 Å². The van der Waals surface area contributed by atoms with Crippen molar-refractivity contribution in [1.82, 2.24) is 20.3 Å². The van der Waals surface area contributed by atoms with Crippen molar-refractivity contribution in [3.8, 4) is 11.3 Å². The zero-order valence-electron chi connectivity index (χ0n) is 16.2. The first kappa shape index (κ1) is 19.6. The minimum atomic E-state index is -0.647. The molecule has 3 aromatic rings. The van der Waals surface area contributed by atoms with E-state index in [-0.39, 0.29) is 12.6 Å². The molecule has 4 heterocycles. The molecule has 1 saturated heterocycles. The van der Waals surface area contributed by atoms with Crippen molar-refractivity contribution in [2.75, 3.05) is 25.1 Å². The molecule has 156 valence electrons. The quantitative estimate of drug-likeness (QED) is 0.589. The summed E-state index contributed by atoms with van der Waals surface area (Å²) in [6.45, 7) is 2.38. The summed E-state index contributed by atoms with van der Waals surface area (Å²) in [5.74, 6) is -0.0776. The third kappa shape index (κ3) is 3.60. The van der Waals surface area contributed by atoms with Gasteiger partial charge in [-0.3, -0.25) is 4.98 Å². The molecule has 9 heteroatoms. The van der Waals surface area contributed by atoms with Crippen LogP contribution in [0, 0.1) is 5.82 Å². The van der Waals surface area contributed by atoms with E-state index in [1.165, 1.54) is 12.3 Å². The smallest absolute Gasteiger partial charge is 0.223 e. The fourth-order valence-corrected chi connectivity index (χ4v) is 4.27. The highest BCUT2D eigenvalue weighted by atomic mass is 35.5. The van der Waals surface area contributed by atoms with Crippen molar-refractivity contribution in [1.29, 1.82) is 0 Å². The molecule has 1 fully saturated rings. The lowest BCUT2D eigenvalue weighted by Gasteiger charge is -2.28. The van der Waals surface area contributed by atoms with Crippen LogP contribution in [-0.4, -0.2) is 52.0 Å². The lowest BCUT2D eigenvalue weighted by molar-refractivity contribution is -0.0136. The van der Waals surface area contributed by atoms with Crippen LogP contribution in [0.1, 0.15) is 17.5 Å². The van der Waals surface area contributed by atoms with Crippen LogP contribution < -0.4 is 10.6 Å². The van der Waals surface area contributed by atoms with Gasteiger partial charge < -0.3 is 20.5 Å². The first-order valence-corrected chi connectivity index (χ1v) is 10.3. The standard InChI is InChI=1S/C21H21ClFN5O2/c22-15-9-26-21(27-17-2-4-30-10-18(17)29)28-19(15)11-5-14-13-1-3-24-7-12(13)8-25-20(14)16(23)6-11/h5-6,8-9,17-18,24,29H,1-4,7,10H2,(H,26,27,28)/t17-,18-/m1/s1. The Bertz CT molecular complexity index is 1110. The molecule has 2 aliphatic heterocycles. The predicted molar refractivity (Wildman–Crippen MR) is 112 cm³/mol. The zero-order valence-corrected chi connectivity index (χ0v) is 16.9. The number of hydrogen-bond donors (Lipinski definition) is 3. The molecule has 0 spiro atoms. The summed E-state index contributed by atoms with van der Waals surface area (Å²) in [6.07, 6.45) is 4.03. The lowest BCUT2D eigenvalue weighted by Crippen LogP contribution is -2.42. The number of halogens is 2. The van der Waals surface area contributed by atoms with Crippen LogP contribution in [0.25, 0.3) is 22.2 Å². The largest absolute Gasteiger partial charge is 0.389 e. The van der Waals surface area contributed by atoms with Gasteiger partial charge in [-0.2, -0.15) is 0 Å². The van der Waals surface area contributed by atoms with E-state index in [1.807, 2.05) is 6.07 Å². The van der Waals surface area contributed by atoms with E-state index in [1.54, 1.807) is 6.20 Å². The van der Waals surface area contributed by atoms with Gasteiger partial charge in [0.1, 0.15) is 11.3 Å². The summed E-state index contributed by atoms with van der Waals surface area (Å²) in [7, 11) is 0. The number of nitrogens with zero attached hydrogens (tertiary/aromatic N) is 3. The van der Waals surface area contributed by atoms with E-state index in [0.29, 0.717) is 40.8 Å². The SMILES string of the molecule is O[C@@H]1COCC[C@H]1Nc1ncc(Cl)c(-c2cc(F)c3ncc4c(c3c2)CCNC4)n1. The maximum atomic E-state index is 14.9. The number of pyridine rings is 1. The predicted octanol–water partition coefficient (Wildman–Crippen LogP) is 2.69. The van der Waals surface area contributed by atoms with Gasteiger partial charge in [-0.05, 0) is 42.6 Å². The number of hydrogen-bond acceptors (Lipinski definition) is 7. The molecule has 3 N–H and O–H groups in total. The number of aliphatic hydroxyl groups is 1. The molecular formula is C21H21ClFN5O2. The highest BCUT2D eigenvalue weighted by Gasteiger charge is 2.25. The van der Waals surface area contributed by atoms with Gasteiger partial charge >= 0.3 is 0 Å². The van der Waals surface area contributed by atoms with Crippen molar-refractivity contribution in [3.05, 3.63) is 46.5 Å². The molecule has 2 aromatic heterocycles. The second kappa shape index (κ2) is 8.03. The van der Waals surface area contributed by atoms with E-state index in [9.17, 15) is 9.50 Å². The molecule has 30 heavy (non-hydrogen) atoms. The number of fused-ring (bicyclic) bond motifs is 3. The van der Waals surface area contributed by atoms with Crippen LogP contribution in [-0.2, 0) is 17.7 Å². The molecule has 0 aliphatic carbocycles. The maximum absolute atomic E-state index is 14.9. The van der Waals surface area contributed by atoms with Crippen molar-refractivity contribution in [2.24, 2.45) is 0 Å². The fraction of sp³-hybridized carbons (Fsp3) is 0.381. The van der Waals surface area contributed by atoms with Crippen LogP contribution in [0.2, 0.25) is 5.02 Å². The summed E-state index contributed by atoms with van der Waals surface area (Å²) < 4.78 is 20.2. The van der Waals surface area contributed by atoms with Crippen LogP contribution in [0.15, 0.2) is 24.5 Å². The molecule has 2 atom stereocenters. The Morgan fingerprint density at radius 3 is 3.03 bits per heavy atom. The average molecular weight is 430 g/mol. The van der Waals surface area contributed by atoms with Crippen LogP contribution in [0.3, 0.4) is 0 Å². The number of aromatic nitrogens is 3. The third-order valence-corrected chi connectivity index (χ3v) is 5.93. The van der Waals surface area contributed by atoms with Gasteiger partial charge in [0.25, 0.3) is 0 Å². The molecule has 0 saturated carbocycles. The molecule has 7 nitrogen and oxygen atoms in total. The lowest BCUT2D eigenvalue weighted by atomic mass is 9.96. The Morgan fingerprint density at radius 1 is 1.27 bits per heavy atom. The van der Waals surface area contributed by atoms with E-state index in [4.69, 9.17) is 16.3 Å². The van der Waals surface area contributed by atoms with E-state index >= 15 is 0 Å². The number of anilines is 1. The molecule has 2 aliphatic rings. The second-order valence-electron chi connectivity index (χ2n) is 7.61. The van der Waals surface area contributed by atoms with E-state index in [0.717, 1.165) is 36.0 Å². The van der Waals surface area contributed by atoms with E-state index in [2.05, 4.69) is 25.6 Å². The normalized spacial score (nSPS) is 21.4. The maximum Gasteiger partial charge on any atom is 0.223 e. The number of nitrogens with one attached hydrogen (secondary N) is 2. The van der Waals surface area contributed by atoms with Crippen molar-refractivity contribution >= 4 is 28.5 Å². The number of rotatable bonds is 3. The summed E-state index contributed by atoms with van der Waals surface area (Å²) >= 11 is 6.38. The number of aliphatic hydroxyl groups excluding tert-OH is 1. The molecule has 0 amide bonds. The Balaban J connectivity index is 1.56. The highest BCUT2D eigenvalue weighted by molar-refractivity contribution is 6.33. The van der Waals surface area contributed by atoms with Gasteiger partial charge in [-0.25, -0.2) is 14.4 Å². The minimum Gasteiger partial charge on any atom is -0.389 e. The Labute approximate surface area is 177 Å². The minimum absolute atomic E-state index is 0.218. The molecule has 0 radical (unpaired) electrons. The molecule has 0 bridgehead atoms. The van der Waals surface area contributed by atoms with Gasteiger partial charge in [-0.1, -0.05) is 11.6 Å². The Morgan fingerprint density at radius 2 is 2.17 bits per heavy atom. The molecule has 1 aromatic carbocycles. The average Bonchev–Trinajstić information content (AvgIpc) is 2.76. The van der Waals surface area contributed by atoms with Gasteiger partial charge in [0, 0.05) is 30.3 Å². The molecule has 0 unspecified atom stereocenters. The summed E-state index contributed by atoms with van der Waals surface area (Å²) in [5, 5.41) is 17.7. The number of ether oxygens (including phenoxy) is 1. The van der Waals surface area contributed by atoms with Gasteiger partial charge in [0.05, 0.1) is 35.7 Å². The van der Waals surface area contributed by atoms with Crippen molar-refractivity contribution < 1.29 is 14.2 Å². The second-order valence-corrected chi connectivity index (χ2v) is 8.02. The third-order valence-electron chi connectivity index (χ3n) is 5.65. The zero-order chi connectivity index (χ0) is 20.7. The van der Waals surface area contributed by atoms with Crippen LogP contribution >= 0.6 is 11.6 Å². The Kier molecular flexibility index (Phi) is 5.24. The fourth-order valence-electron chi connectivity index (χ4n) is 4.07. The summed E-state index contributed by atoms with van der Waals surface area (Å²) in [4.78, 5) is 13.1. The highest BCUT2D eigenvalue weighted by Crippen LogP contribution is 2.33. The van der Waals surface area contributed by atoms with Crippen molar-refractivity contribution in [3.63, 3.8) is 0 Å². The van der Waals surface area contributed by atoms with Crippen molar-refractivity contribution in [2.45, 2.75) is 31.5 Å². The van der Waals surface area contributed by atoms with E-state index < -0.39 is 11.9 Å². The monoisotopic (exact) mass is 429 g/mol. The summed E-state index contributed by atoms with van der Waals surface area (Å²) in [6, 6.07) is 3.09. The number of benzene rings is 1. The molecule has 5 rings (SSSR count).